The third-order valence-corrected chi connectivity index (χ3v) is 2.19. The van der Waals surface area contributed by atoms with Gasteiger partial charge in [-0.05, 0) is 24.8 Å². The molecule has 0 heterocycles. The van der Waals surface area contributed by atoms with E-state index in [-0.39, 0.29) is 18.1 Å². The molecule has 0 N–H and O–H groups in total. The highest BCUT2D eigenvalue weighted by Gasteiger charge is 2.20. The van der Waals surface area contributed by atoms with Gasteiger partial charge in [-0.15, -0.1) is 0 Å². The first kappa shape index (κ1) is 13.8. The zero-order valence-corrected chi connectivity index (χ0v) is 9.64. The van der Waals surface area contributed by atoms with E-state index < -0.39 is 0 Å². The summed E-state index contributed by atoms with van der Waals surface area (Å²) in [6.07, 6.45) is 2.26. The second kappa shape index (κ2) is 8.12. The lowest BCUT2D eigenvalue weighted by Crippen LogP contribution is -2.28. The number of esters is 1. The molecule has 0 saturated carbocycles. The fourth-order valence-corrected chi connectivity index (χ4v) is 1.35. The van der Waals surface area contributed by atoms with Crippen LogP contribution in [0.15, 0.2) is 5.11 Å². The van der Waals surface area contributed by atoms with Gasteiger partial charge in [-0.25, -0.2) is 0 Å². The lowest BCUT2D eigenvalue weighted by atomic mass is 10.1. The number of hydrogen-bond donors (Lipinski definition) is 0. The van der Waals surface area contributed by atoms with Gasteiger partial charge in [0.15, 0.2) is 0 Å². The van der Waals surface area contributed by atoms with Crippen LogP contribution in [0.5, 0.6) is 0 Å². The summed E-state index contributed by atoms with van der Waals surface area (Å²) in [6.45, 7) is 5.75. The van der Waals surface area contributed by atoms with E-state index in [4.69, 9.17) is 10.3 Å². The molecule has 86 valence electrons. The smallest absolute Gasteiger partial charge is 0.306 e. The Kier molecular flexibility index (Phi) is 7.46. The molecule has 0 aromatic rings. The van der Waals surface area contributed by atoms with Crippen LogP contribution in [0.4, 0.5) is 0 Å². The highest BCUT2D eigenvalue weighted by Crippen LogP contribution is 2.13. The Labute approximate surface area is 90.4 Å². The minimum Gasteiger partial charge on any atom is -0.462 e. The summed E-state index contributed by atoms with van der Waals surface area (Å²) in [6, 6.07) is -0.249. The summed E-state index contributed by atoms with van der Waals surface area (Å²) in [5, 5.41) is 3.63. The minimum absolute atomic E-state index is 0.212. The van der Waals surface area contributed by atoms with Crippen molar-refractivity contribution in [2.24, 2.45) is 5.11 Å². The van der Waals surface area contributed by atoms with Crippen LogP contribution in [0, 0.1) is 0 Å². The molecule has 2 atom stereocenters. The number of nitrogens with zero attached hydrogens (tertiary/aromatic N) is 3. The third kappa shape index (κ3) is 5.27. The molecule has 0 spiro atoms. The molecule has 5 heteroatoms. The van der Waals surface area contributed by atoms with Crippen molar-refractivity contribution in [3.8, 4) is 0 Å². The van der Waals surface area contributed by atoms with E-state index in [1.165, 1.54) is 0 Å². The number of carbonyl (C=O) groups is 1. The van der Waals surface area contributed by atoms with Crippen LogP contribution in [0.2, 0.25) is 0 Å². The normalized spacial score (nSPS) is 13.8. The van der Waals surface area contributed by atoms with Crippen LogP contribution in [0.3, 0.4) is 0 Å². The van der Waals surface area contributed by atoms with Gasteiger partial charge < -0.3 is 4.74 Å². The van der Waals surface area contributed by atoms with E-state index >= 15 is 0 Å². The Balaban J connectivity index is 4.32. The highest BCUT2D eigenvalue weighted by atomic mass is 16.5. The first-order valence-electron chi connectivity index (χ1n) is 5.43. The van der Waals surface area contributed by atoms with Gasteiger partial charge in [-0.1, -0.05) is 25.9 Å². The largest absolute Gasteiger partial charge is 0.462 e. The van der Waals surface area contributed by atoms with E-state index in [0.29, 0.717) is 19.3 Å². The summed E-state index contributed by atoms with van der Waals surface area (Å²) >= 11 is 0. The van der Waals surface area contributed by atoms with Crippen LogP contribution >= 0.6 is 0 Å². The monoisotopic (exact) mass is 213 g/mol. The van der Waals surface area contributed by atoms with Gasteiger partial charge >= 0.3 is 5.97 Å². The van der Waals surface area contributed by atoms with E-state index in [2.05, 4.69) is 10.0 Å². The van der Waals surface area contributed by atoms with Crippen LogP contribution in [0.25, 0.3) is 10.4 Å². The SMILES string of the molecule is CCCC(=O)O[C@H](CC)[C@H](CC)N=[N+]=[N-]. The van der Waals surface area contributed by atoms with Crippen LogP contribution < -0.4 is 0 Å². The second-order valence-corrected chi connectivity index (χ2v) is 3.37. The topological polar surface area (TPSA) is 75.1 Å². The quantitative estimate of drug-likeness (QED) is 0.282. The van der Waals surface area contributed by atoms with Crippen molar-refractivity contribution in [1.82, 2.24) is 0 Å². The molecule has 0 aromatic heterocycles. The van der Waals surface area contributed by atoms with Gasteiger partial charge in [-0.2, -0.15) is 0 Å². The maximum absolute atomic E-state index is 11.3. The lowest BCUT2D eigenvalue weighted by molar-refractivity contribution is -0.150. The molecule has 0 aromatic carbocycles. The van der Waals surface area contributed by atoms with Gasteiger partial charge in [0, 0.05) is 11.3 Å². The average Bonchev–Trinajstić information content (AvgIpc) is 2.23. The highest BCUT2D eigenvalue weighted by molar-refractivity contribution is 5.69. The molecular formula is C10H19N3O2. The molecule has 0 saturated heterocycles. The van der Waals surface area contributed by atoms with E-state index in [1.54, 1.807) is 0 Å². The van der Waals surface area contributed by atoms with Crippen molar-refractivity contribution in [2.75, 3.05) is 0 Å². The molecule has 0 aliphatic carbocycles. The maximum atomic E-state index is 11.3. The fourth-order valence-electron chi connectivity index (χ4n) is 1.35. The van der Waals surface area contributed by atoms with E-state index in [1.807, 2.05) is 20.8 Å². The summed E-state index contributed by atoms with van der Waals surface area (Å²) in [5.74, 6) is -0.212. The van der Waals surface area contributed by atoms with E-state index in [0.717, 1.165) is 6.42 Å². The Morgan fingerprint density at radius 2 is 2.07 bits per heavy atom. The summed E-state index contributed by atoms with van der Waals surface area (Å²) in [4.78, 5) is 14.0. The van der Waals surface area contributed by atoms with Crippen molar-refractivity contribution >= 4 is 5.97 Å². The zero-order valence-electron chi connectivity index (χ0n) is 9.64. The zero-order chi connectivity index (χ0) is 11.7. The molecule has 5 nitrogen and oxygen atoms in total. The van der Waals surface area contributed by atoms with Crippen molar-refractivity contribution in [1.29, 1.82) is 0 Å². The van der Waals surface area contributed by atoms with Crippen LogP contribution in [-0.2, 0) is 9.53 Å². The number of ether oxygens (including phenoxy) is 1. The van der Waals surface area contributed by atoms with E-state index in [9.17, 15) is 4.79 Å². The standard InChI is InChI=1S/C10H19N3O2/c1-4-7-10(14)15-9(6-3)8(5-2)12-13-11/h8-9H,4-7H2,1-3H3/t8-,9+/m0/s1. The van der Waals surface area contributed by atoms with Gasteiger partial charge in [0.1, 0.15) is 6.10 Å². The molecule has 0 aliphatic rings. The Bertz CT molecular complexity index is 237. The molecule has 0 bridgehead atoms. The minimum atomic E-state index is -0.287. The Hall–Kier alpha value is -1.22. The first-order chi connectivity index (χ1) is 7.19. The predicted molar refractivity (Wildman–Crippen MR) is 58.3 cm³/mol. The third-order valence-electron chi connectivity index (χ3n) is 2.19. The van der Waals surface area contributed by atoms with Crippen LogP contribution in [0.1, 0.15) is 46.5 Å². The number of azide groups is 1. The number of rotatable bonds is 7. The summed E-state index contributed by atoms with van der Waals surface area (Å²) < 4.78 is 5.24. The maximum Gasteiger partial charge on any atom is 0.306 e. The molecule has 0 aliphatic heterocycles. The Morgan fingerprint density at radius 3 is 2.47 bits per heavy atom. The Morgan fingerprint density at radius 1 is 1.40 bits per heavy atom. The molecular weight excluding hydrogens is 194 g/mol. The van der Waals surface area contributed by atoms with Gasteiger partial charge in [0.2, 0.25) is 0 Å². The first-order valence-corrected chi connectivity index (χ1v) is 5.43. The molecule has 0 fully saturated rings. The summed E-state index contributed by atoms with van der Waals surface area (Å²) in [7, 11) is 0. The van der Waals surface area contributed by atoms with Crippen molar-refractivity contribution in [3.05, 3.63) is 10.4 Å². The molecule has 0 rings (SSSR count). The van der Waals surface area contributed by atoms with Crippen molar-refractivity contribution < 1.29 is 9.53 Å². The average molecular weight is 213 g/mol. The number of carbonyl (C=O) groups excluding carboxylic acids is 1. The van der Waals surface area contributed by atoms with Crippen molar-refractivity contribution in [2.45, 2.75) is 58.6 Å². The molecule has 0 radical (unpaired) electrons. The summed E-state index contributed by atoms with van der Waals surface area (Å²) in [5.41, 5.74) is 8.37. The van der Waals surface area contributed by atoms with Crippen LogP contribution in [-0.4, -0.2) is 18.1 Å². The van der Waals surface area contributed by atoms with Gasteiger partial charge in [0.25, 0.3) is 0 Å². The number of hydrogen-bond acceptors (Lipinski definition) is 3. The predicted octanol–water partition coefficient (Wildman–Crippen LogP) is 3.20. The lowest BCUT2D eigenvalue weighted by Gasteiger charge is -2.21. The molecule has 0 unspecified atom stereocenters. The molecule has 15 heavy (non-hydrogen) atoms. The second-order valence-electron chi connectivity index (χ2n) is 3.37. The molecule has 0 amide bonds. The van der Waals surface area contributed by atoms with Crippen molar-refractivity contribution in [3.63, 3.8) is 0 Å². The van der Waals surface area contributed by atoms with Gasteiger partial charge in [-0.3, -0.25) is 4.79 Å². The fraction of sp³-hybridized carbons (Fsp3) is 0.900. The van der Waals surface area contributed by atoms with Gasteiger partial charge in [0.05, 0.1) is 6.04 Å².